The summed E-state index contributed by atoms with van der Waals surface area (Å²) < 4.78 is 17.2. The zero-order valence-electron chi connectivity index (χ0n) is 19.0. The number of hydrogen-bond donors (Lipinski definition) is 2. The molecule has 0 spiro atoms. The Bertz CT molecular complexity index is 551. The van der Waals surface area contributed by atoms with E-state index in [1.165, 1.54) is 0 Å². The van der Waals surface area contributed by atoms with Crippen LogP contribution in [0, 0.1) is 0 Å². The summed E-state index contributed by atoms with van der Waals surface area (Å²) in [5.41, 5.74) is -0.926. The Morgan fingerprint density at radius 2 is 1.86 bits per heavy atom. The maximum atomic E-state index is 12.4. The van der Waals surface area contributed by atoms with Crippen LogP contribution in [0.5, 0.6) is 0 Å². The number of morpholine rings is 1. The van der Waals surface area contributed by atoms with Crippen molar-refractivity contribution in [3.05, 3.63) is 0 Å². The van der Waals surface area contributed by atoms with Crippen LogP contribution < -0.4 is 10.6 Å². The first-order valence-electron chi connectivity index (χ1n) is 10.9. The molecule has 2 aliphatic heterocycles. The molecule has 2 rings (SSSR count). The normalized spacial score (nSPS) is 23.8. The molecule has 2 heterocycles. The molecule has 0 radical (unpaired) electrons. The minimum atomic E-state index is -0.522. The lowest BCUT2D eigenvalue weighted by atomic mass is 9.93. The molecule has 0 saturated carbocycles. The van der Waals surface area contributed by atoms with Crippen LogP contribution in [0.4, 0.5) is 4.79 Å². The lowest BCUT2D eigenvalue weighted by Crippen LogP contribution is -2.59. The first-order valence-corrected chi connectivity index (χ1v) is 10.9. The molecule has 2 unspecified atom stereocenters. The third-order valence-corrected chi connectivity index (χ3v) is 5.69. The fraction of sp³-hybridized carbons (Fsp3) is 0.905. The molecule has 0 aromatic carbocycles. The van der Waals surface area contributed by atoms with Crippen LogP contribution in [-0.2, 0) is 14.2 Å². The van der Waals surface area contributed by atoms with E-state index in [-0.39, 0.29) is 18.3 Å². The van der Waals surface area contributed by atoms with Crippen LogP contribution in [-0.4, -0.2) is 80.2 Å². The van der Waals surface area contributed by atoms with E-state index in [0.717, 1.165) is 51.3 Å². The van der Waals surface area contributed by atoms with Gasteiger partial charge in [-0.05, 0) is 46.5 Å². The van der Waals surface area contributed by atoms with E-state index in [0.29, 0.717) is 13.2 Å². The van der Waals surface area contributed by atoms with E-state index >= 15 is 0 Å². The quantitative estimate of drug-likeness (QED) is 0.515. The smallest absolute Gasteiger partial charge is 0.408 e. The standard InChI is InChI=1S/C21H40N4O4/c1-7-21(8-2,24-19(26)29-20(3,4)5)15-23-18(22-6)25-11-13-28-17(14-25)16-10-9-12-27-16/h16-17H,7-15H2,1-6H3,(H,22,23)(H,24,26). The van der Waals surface area contributed by atoms with Crippen LogP contribution in [0.25, 0.3) is 0 Å². The number of rotatable bonds is 6. The Balaban J connectivity index is 1.96. The molecule has 2 N–H and O–H groups in total. The molecule has 29 heavy (non-hydrogen) atoms. The average Bonchev–Trinajstić information content (AvgIpc) is 3.21. The van der Waals surface area contributed by atoms with Crippen molar-refractivity contribution in [1.29, 1.82) is 0 Å². The highest BCUT2D eigenvalue weighted by molar-refractivity contribution is 5.80. The number of amides is 1. The first kappa shape index (κ1) is 23.7. The van der Waals surface area contributed by atoms with Gasteiger partial charge in [0.15, 0.2) is 5.96 Å². The summed E-state index contributed by atoms with van der Waals surface area (Å²) >= 11 is 0. The molecule has 2 aliphatic rings. The molecule has 0 bridgehead atoms. The summed E-state index contributed by atoms with van der Waals surface area (Å²) in [5.74, 6) is 0.827. The van der Waals surface area contributed by atoms with E-state index in [2.05, 4.69) is 34.4 Å². The fourth-order valence-electron chi connectivity index (χ4n) is 3.81. The summed E-state index contributed by atoms with van der Waals surface area (Å²) in [4.78, 5) is 19.1. The largest absolute Gasteiger partial charge is 0.444 e. The predicted molar refractivity (Wildman–Crippen MR) is 114 cm³/mol. The molecule has 168 valence electrons. The van der Waals surface area contributed by atoms with Crippen molar-refractivity contribution in [1.82, 2.24) is 15.5 Å². The van der Waals surface area contributed by atoms with Gasteiger partial charge >= 0.3 is 6.09 Å². The SMILES string of the molecule is CCC(CC)(CNC(=NC)N1CCOC(C2CCCO2)C1)NC(=O)OC(C)(C)C. The van der Waals surface area contributed by atoms with E-state index in [1.807, 2.05) is 20.8 Å². The van der Waals surface area contributed by atoms with Crippen LogP contribution in [0.2, 0.25) is 0 Å². The van der Waals surface area contributed by atoms with Gasteiger partial charge in [-0.3, -0.25) is 4.99 Å². The molecular formula is C21H40N4O4. The van der Waals surface area contributed by atoms with Gasteiger partial charge in [0, 0.05) is 33.3 Å². The highest BCUT2D eigenvalue weighted by Gasteiger charge is 2.34. The van der Waals surface area contributed by atoms with Crippen molar-refractivity contribution in [3.8, 4) is 0 Å². The Hall–Kier alpha value is -1.54. The number of nitrogens with one attached hydrogen (secondary N) is 2. The number of nitrogens with zero attached hydrogens (tertiary/aromatic N) is 2. The molecule has 0 aromatic rings. The fourth-order valence-corrected chi connectivity index (χ4v) is 3.81. The number of ether oxygens (including phenoxy) is 3. The second-order valence-corrected chi connectivity index (χ2v) is 8.92. The molecule has 0 aliphatic carbocycles. The lowest BCUT2D eigenvalue weighted by molar-refractivity contribution is -0.0817. The van der Waals surface area contributed by atoms with Crippen molar-refractivity contribution in [2.45, 2.75) is 83.6 Å². The van der Waals surface area contributed by atoms with E-state index in [9.17, 15) is 4.79 Å². The molecule has 8 nitrogen and oxygen atoms in total. The maximum absolute atomic E-state index is 12.4. The van der Waals surface area contributed by atoms with Gasteiger partial charge in [-0.15, -0.1) is 0 Å². The van der Waals surface area contributed by atoms with Crippen LogP contribution in [0.3, 0.4) is 0 Å². The first-order chi connectivity index (χ1) is 13.7. The van der Waals surface area contributed by atoms with Crippen molar-refractivity contribution in [2.24, 2.45) is 4.99 Å². The highest BCUT2D eigenvalue weighted by Crippen LogP contribution is 2.21. The molecule has 0 aromatic heterocycles. The number of carbonyl (C=O) groups excluding carboxylic acids is 1. The molecule has 1 amide bonds. The van der Waals surface area contributed by atoms with E-state index in [4.69, 9.17) is 14.2 Å². The minimum Gasteiger partial charge on any atom is -0.444 e. The van der Waals surface area contributed by atoms with Crippen LogP contribution >= 0.6 is 0 Å². The summed E-state index contributed by atoms with van der Waals surface area (Å²) in [6, 6.07) is 0. The summed E-state index contributed by atoms with van der Waals surface area (Å²) in [7, 11) is 1.79. The monoisotopic (exact) mass is 412 g/mol. The van der Waals surface area contributed by atoms with Crippen molar-refractivity contribution < 1.29 is 19.0 Å². The van der Waals surface area contributed by atoms with Gasteiger partial charge < -0.3 is 29.7 Å². The molecule has 2 saturated heterocycles. The lowest BCUT2D eigenvalue weighted by Gasteiger charge is -2.39. The van der Waals surface area contributed by atoms with E-state index in [1.54, 1.807) is 7.05 Å². The van der Waals surface area contributed by atoms with Crippen molar-refractivity contribution in [3.63, 3.8) is 0 Å². The minimum absolute atomic E-state index is 0.0757. The second kappa shape index (κ2) is 10.5. The van der Waals surface area contributed by atoms with Crippen LogP contribution in [0.15, 0.2) is 4.99 Å². The summed E-state index contributed by atoms with van der Waals surface area (Å²) in [5, 5.41) is 6.55. The number of hydrogen-bond acceptors (Lipinski definition) is 5. The van der Waals surface area contributed by atoms with Gasteiger partial charge in [0.25, 0.3) is 0 Å². The van der Waals surface area contributed by atoms with E-state index < -0.39 is 11.1 Å². The summed E-state index contributed by atoms with van der Waals surface area (Å²) in [6.07, 6.45) is 3.59. The Labute approximate surface area is 175 Å². The van der Waals surface area contributed by atoms with Gasteiger partial charge in [0.2, 0.25) is 0 Å². The molecular weight excluding hydrogens is 372 g/mol. The van der Waals surface area contributed by atoms with Gasteiger partial charge in [-0.2, -0.15) is 0 Å². The summed E-state index contributed by atoms with van der Waals surface area (Å²) in [6.45, 7) is 13.4. The second-order valence-electron chi connectivity index (χ2n) is 8.92. The van der Waals surface area contributed by atoms with Crippen molar-refractivity contribution in [2.75, 3.05) is 39.9 Å². The van der Waals surface area contributed by atoms with Crippen LogP contribution in [0.1, 0.15) is 60.3 Å². The van der Waals surface area contributed by atoms with Crippen molar-refractivity contribution >= 4 is 12.1 Å². The third-order valence-electron chi connectivity index (χ3n) is 5.69. The average molecular weight is 413 g/mol. The predicted octanol–water partition coefficient (Wildman–Crippen LogP) is 2.53. The number of alkyl carbamates (subject to hydrolysis) is 1. The van der Waals surface area contributed by atoms with Gasteiger partial charge in [-0.1, -0.05) is 13.8 Å². The molecule has 8 heteroatoms. The number of aliphatic imine (C=N–C) groups is 1. The Kier molecular flexibility index (Phi) is 8.58. The topological polar surface area (TPSA) is 84.4 Å². The Morgan fingerprint density at radius 3 is 2.41 bits per heavy atom. The molecule has 2 fully saturated rings. The third kappa shape index (κ3) is 7.03. The molecule has 2 atom stereocenters. The van der Waals surface area contributed by atoms with Gasteiger partial charge in [0.05, 0.1) is 18.2 Å². The van der Waals surface area contributed by atoms with Gasteiger partial charge in [-0.25, -0.2) is 4.79 Å². The maximum Gasteiger partial charge on any atom is 0.408 e. The highest BCUT2D eigenvalue weighted by atomic mass is 16.6. The van der Waals surface area contributed by atoms with Gasteiger partial charge in [0.1, 0.15) is 11.7 Å². The number of guanidine groups is 1. The Morgan fingerprint density at radius 1 is 1.17 bits per heavy atom. The number of carbonyl (C=O) groups is 1. The zero-order valence-corrected chi connectivity index (χ0v) is 19.0. The zero-order chi connectivity index (χ0) is 21.5.